The van der Waals surface area contributed by atoms with Crippen LogP contribution in [0.15, 0.2) is 12.2 Å². The van der Waals surface area contributed by atoms with Gasteiger partial charge in [0.2, 0.25) is 5.91 Å². The molecule has 0 saturated carbocycles. The first kappa shape index (κ1) is 8.75. The van der Waals surface area contributed by atoms with Gasteiger partial charge in [-0.25, -0.2) is 0 Å². The van der Waals surface area contributed by atoms with Crippen molar-refractivity contribution in [1.29, 1.82) is 0 Å². The van der Waals surface area contributed by atoms with Crippen LogP contribution in [0.5, 0.6) is 0 Å². The van der Waals surface area contributed by atoms with Crippen LogP contribution >= 0.6 is 0 Å². The van der Waals surface area contributed by atoms with E-state index in [9.17, 15) is 4.79 Å². The maximum Gasteiger partial charge on any atom is 0.241 e. The Labute approximate surface area is 78.6 Å². The van der Waals surface area contributed by atoms with Gasteiger partial charge in [-0.15, -0.1) is 0 Å². The summed E-state index contributed by atoms with van der Waals surface area (Å²) in [5.74, 6) is -0.331. The van der Waals surface area contributed by atoms with Gasteiger partial charge in [-0.1, -0.05) is 6.08 Å². The largest absolute Gasteiger partial charge is 0.366 e. The summed E-state index contributed by atoms with van der Waals surface area (Å²) >= 11 is 0. The molecule has 0 bridgehead atoms. The van der Waals surface area contributed by atoms with Crippen molar-refractivity contribution >= 4 is 5.91 Å². The van der Waals surface area contributed by atoms with Crippen molar-refractivity contribution < 1.29 is 4.79 Å². The van der Waals surface area contributed by atoms with Gasteiger partial charge in [-0.05, 0) is 32.2 Å². The Morgan fingerprint density at radius 1 is 1.38 bits per heavy atom. The average Bonchev–Trinajstić information content (AvgIpc) is 2.60. The van der Waals surface area contributed by atoms with Crippen LogP contribution in [0.2, 0.25) is 0 Å². The molecule has 72 valence electrons. The lowest BCUT2D eigenvalue weighted by Gasteiger charge is -2.20. The SMILES string of the molecule is NC(=O)C=C[C@H]1CCC2CCCN21. The number of amides is 1. The van der Waals surface area contributed by atoms with Crippen LogP contribution in [0.4, 0.5) is 0 Å². The number of hydrogen-bond donors (Lipinski definition) is 1. The number of carbonyl (C=O) groups is 1. The van der Waals surface area contributed by atoms with Gasteiger partial charge in [0.15, 0.2) is 0 Å². The molecule has 0 aromatic rings. The molecular weight excluding hydrogens is 164 g/mol. The summed E-state index contributed by atoms with van der Waals surface area (Å²) in [6.45, 7) is 1.19. The number of nitrogens with zero attached hydrogens (tertiary/aromatic N) is 1. The summed E-state index contributed by atoms with van der Waals surface area (Å²) in [4.78, 5) is 13.1. The molecule has 2 N–H and O–H groups in total. The quantitative estimate of drug-likeness (QED) is 0.634. The Bertz CT molecular complexity index is 237. The van der Waals surface area contributed by atoms with Crippen LogP contribution in [0, 0.1) is 0 Å². The third-order valence-electron chi connectivity index (χ3n) is 3.13. The topological polar surface area (TPSA) is 46.3 Å². The fourth-order valence-electron chi connectivity index (χ4n) is 2.55. The molecule has 3 nitrogen and oxygen atoms in total. The van der Waals surface area contributed by atoms with E-state index < -0.39 is 0 Å². The molecule has 1 unspecified atom stereocenters. The van der Waals surface area contributed by atoms with E-state index in [1.165, 1.54) is 38.3 Å². The highest BCUT2D eigenvalue weighted by Gasteiger charge is 2.34. The molecule has 0 aliphatic carbocycles. The van der Waals surface area contributed by atoms with Crippen LogP contribution in [-0.2, 0) is 4.79 Å². The van der Waals surface area contributed by atoms with E-state index in [1.54, 1.807) is 0 Å². The molecule has 2 saturated heterocycles. The summed E-state index contributed by atoms with van der Waals surface area (Å²) in [5, 5.41) is 0. The summed E-state index contributed by atoms with van der Waals surface area (Å²) in [5.41, 5.74) is 5.06. The third kappa shape index (κ3) is 1.75. The Morgan fingerprint density at radius 2 is 2.23 bits per heavy atom. The second kappa shape index (κ2) is 3.50. The minimum atomic E-state index is -0.331. The summed E-state index contributed by atoms with van der Waals surface area (Å²) in [6, 6.07) is 1.25. The van der Waals surface area contributed by atoms with Crippen molar-refractivity contribution in [2.24, 2.45) is 5.73 Å². The van der Waals surface area contributed by atoms with Crippen molar-refractivity contribution in [2.45, 2.75) is 37.8 Å². The molecule has 2 rings (SSSR count). The first-order chi connectivity index (χ1) is 6.27. The number of hydrogen-bond acceptors (Lipinski definition) is 2. The highest BCUT2D eigenvalue weighted by atomic mass is 16.1. The second-order valence-electron chi connectivity index (χ2n) is 3.94. The third-order valence-corrected chi connectivity index (χ3v) is 3.13. The molecule has 0 radical (unpaired) electrons. The zero-order chi connectivity index (χ0) is 9.26. The van der Waals surface area contributed by atoms with Gasteiger partial charge in [-0.3, -0.25) is 9.69 Å². The fraction of sp³-hybridized carbons (Fsp3) is 0.700. The molecule has 0 aromatic carbocycles. The molecule has 13 heavy (non-hydrogen) atoms. The molecular formula is C10H16N2O. The molecule has 0 spiro atoms. The van der Waals surface area contributed by atoms with E-state index in [-0.39, 0.29) is 5.91 Å². The monoisotopic (exact) mass is 180 g/mol. The lowest BCUT2D eigenvalue weighted by Crippen LogP contribution is -2.29. The normalized spacial score (nSPS) is 34.2. The maximum atomic E-state index is 10.6. The standard InChI is InChI=1S/C10H16N2O/c11-10(13)6-5-9-4-3-8-2-1-7-12(8)9/h5-6,8-9H,1-4,7H2,(H2,11,13)/t8?,9-/m1/s1. The first-order valence-electron chi connectivity index (χ1n) is 5.01. The Morgan fingerprint density at radius 3 is 3.00 bits per heavy atom. The number of carbonyl (C=O) groups excluding carboxylic acids is 1. The van der Waals surface area contributed by atoms with Gasteiger partial charge < -0.3 is 5.73 Å². The number of fused-ring (bicyclic) bond motifs is 1. The van der Waals surface area contributed by atoms with Gasteiger partial charge in [0.1, 0.15) is 0 Å². The van der Waals surface area contributed by atoms with Crippen LogP contribution in [0.3, 0.4) is 0 Å². The minimum Gasteiger partial charge on any atom is -0.366 e. The lowest BCUT2D eigenvalue weighted by molar-refractivity contribution is -0.113. The van der Waals surface area contributed by atoms with Crippen molar-refractivity contribution in [2.75, 3.05) is 6.54 Å². The van der Waals surface area contributed by atoms with Crippen LogP contribution in [0.1, 0.15) is 25.7 Å². The summed E-state index contributed by atoms with van der Waals surface area (Å²) in [7, 11) is 0. The van der Waals surface area contributed by atoms with Crippen molar-refractivity contribution in [3.8, 4) is 0 Å². The molecule has 1 amide bonds. The van der Waals surface area contributed by atoms with E-state index in [4.69, 9.17) is 5.73 Å². The first-order valence-corrected chi connectivity index (χ1v) is 5.01. The van der Waals surface area contributed by atoms with Crippen molar-refractivity contribution in [3.63, 3.8) is 0 Å². The Balaban J connectivity index is 1.97. The summed E-state index contributed by atoms with van der Waals surface area (Å²) in [6.07, 6.45) is 8.59. The number of rotatable bonds is 2. The lowest BCUT2D eigenvalue weighted by atomic mass is 10.1. The smallest absolute Gasteiger partial charge is 0.241 e. The number of nitrogens with two attached hydrogens (primary N) is 1. The van der Waals surface area contributed by atoms with Crippen LogP contribution in [-0.4, -0.2) is 29.4 Å². The number of primary amides is 1. The maximum absolute atomic E-state index is 10.6. The van der Waals surface area contributed by atoms with E-state index >= 15 is 0 Å². The van der Waals surface area contributed by atoms with E-state index in [1.807, 2.05) is 6.08 Å². The van der Waals surface area contributed by atoms with Crippen LogP contribution < -0.4 is 5.73 Å². The molecule has 0 aromatic heterocycles. The van der Waals surface area contributed by atoms with Gasteiger partial charge in [0.25, 0.3) is 0 Å². The predicted octanol–water partition coefficient (Wildman–Crippen LogP) is 0.655. The Hall–Kier alpha value is -0.830. The Kier molecular flexibility index (Phi) is 2.36. The zero-order valence-corrected chi connectivity index (χ0v) is 7.78. The van der Waals surface area contributed by atoms with Gasteiger partial charge in [0.05, 0.1) is 0 Å². The van der Waals surface area contributed by atoms with Crippen LogP contribution in [0.25, 0.3) is 0 Å². The zero-order valence-electron chi connectivity index (χ0n) is 7.78. The van der Waals surface area contributed by atoms with E-state index in [2.05, 4.69) is 4.90 Å². The van der Waals surface area contributed by atoms with Crippen molar-refractivity contribution in [1.82, 2.24) is 4.90 Å². The van der Waals surface area contributed by atoms with Gasteiger partial charge in [0, 0.05) is 18.2 Å². The van der Waals surface area contributed by atoms with Gasteiger partial charge >= 0.3 is 0 Å². The molecule has 2 heterocycles. The molecule has 2 aliphatic heterocycles. The van der Waals surface area contributed by atoms with Gasteiger partial charge in [-0.2, -0.15) is 0 Å². The highest BCUT2D eigenvalue weighted by molar-refractivity contribution is 5.85. The van der Waals surface area contributed by atoms with E-state index in [0.29, 0.717) is 6.04 Å². The molecule has 2 atom stereocenters. The summed E-state index contributed by atoms with van der Waals surface area (Å²) < 4.78 is 0. The second-order valence-corrected chi connectivity index (χ2v) is 3.94. The highest BCUT2D eigenvalue weighted by Crippen LogP contribution is 2.32. The molecule has 2 aliphatic rings. The minimum absolute atomic E-state index is 0.331. The average molecular weight is 180 g/mol. The predicted molar refractivity (Wildman–Crippen MR) is 51.1 cm³/mol. The fourth-order valence-corrected chi connectivity index (χ4v) is 2.55. The molecule has 3 heteroatoms. The molecule has 2 fully saturated rings. The van der Waals surface area contributed by atoms with E-state index in [0.717, 1.165) is 6.04 Å². The van der Waals surface area contributed by atoms with Crippen molar-refractivity contribution in [3.05, 3.63) is 12.2 Å².